The molecule has 0 unspecified atom stereocenters. The van der Waals surface area contributed by atoms with E-state index in [2.05, 4.69) is 29.6 Å². The molecule has 0 spiro atoms. The van der Waals surface area contributed by atoms with Crippen molar-refractivity contribution in [2.45, 2.75) is 29.9 Å². The van der Waals surface area contributed by atoms with Crippen molar-refractivity contribution in [2.75, 3.05) is 44.5 Å². The van der Waals surface area contributed by atoms with Gasteiger partial charge in [-0.25, -0.2) is 8.42 Å². The van der Waals surface area contributed by atoms with Crippen LogP contribution < -0.4 is 15.8 Å². The normalized spacial score (nSPS) is 17.0. The Labute approximate surface area is 274 Å². The molecule has 4 aromatic rings. The molecule has 47 heavy (non-hydrogen) atoms. The van der Waals surface area contributed by atoms with Crippen LogP contribution in [0.3, 0.4) is 0 Å². The summed E-state index contributed by atoms with van der Waals surface area (Å²) in [5, 5.41) is 12.5. The number of para-hydroxylation sites is 2. The molecule has 244 valence electrons. The highest BCUT2D eigenvalue weighted by atomic mass is 32.2. The van der Waals surface area contributed by atoms with E-state index in [1.807, 2.05) is 24.3 Å². The number of rotatable bonds is 12. The van der Waals surface area contributed by atoms with E-state index in [0.717, 1.165) is 16.3 Å². The molecule has 1 aliphatic carbocycles. The minimum absolute atomic E-state index is 0.0361. The maximum atomic E-state index is 13.5. The topological polar surface area (TPSA) is 140 Å². The summed E-state index contributed by atoms with van der Waals surface area (Å²) in [7, 11) is -2.43. The van der Waals surface area contributed by atoms with Gasteiger partial charge in [0.15, 0.2) is 5.76 Å². The van der Waals surface area contributed by atoms with Crippen LogP contribution in [-0.2, 0) is 30.7 Å². The number of aliphatic hydroxyl groups excluding tert-OH is 1. The van der Waals surface area contributed by atoms with Crippen LogP contribution in [0.1, 0.15) is 29.0 Å². The first kappa shape index (κ1) is 32.3. The monoisotopic (exact) mass is 655 g/mol. The molecule has 4 aromatic carbocycles. The number of carbonyl (C=O) groups is 1. The summed E-state index contributed by atoms with van der Waals surface area (Å²) in [6, 6.07) is 27.6. The first-order valence-electron chi connectivity index (χ1n) is 15.4. The molecule has 0 aromatic heterocycles. The third kappa shape index (κ3) is 6.89. The van der Waals surface area contributed by atoms with Gasteiger partial charge in [0, 0.05) is 25.4 Å². The van der Waals surface area contributed by atoms with Gasteiger partial charge in [-0.3, -0.25) is 4.79 Å². The molecule has 2 aliphatic rings. The molecule has 2 atom stereocenters. The van der Waals surface area contributed by atoms with Crippen LogP contribution >= 0.6 is 0 Å². The summed E-state index contributed by atoms with van der Waals surface area (Å²) >= 11 is 0. The van der Waals surface area contributed by atoms with Gasteiger partial charge in [0.25, 0.3) is 5.91 Å². The molecule has 11 heteroatoms. The van der Waals surface area contributed by atoms with Crippen LogP contribution in [0.4, 0.5) is 11.4 Å². The number of amides is 1. The molecule has 0 bridgehead atoms. The third-order valence-corrected chi connectivity index (χ3v) is 10.4. The number of allylic oxidation sites excluding steroid dienone is 1. The van der Waals surface area contributed by atoms with Gasteiger partial charge in [-0.2, -0.15) is 4.31 Å². The lowest BCUT2D eigenvalue weighted by molar-refractivity contribution is -0.143. The largest absolute Gasteiger partial charge is 0.497 e. The van der Waals surface area contributed by atoms with Gasteiger partial charge in [-0.1, -0.05) is 54.6 Å². The van der Waals surface area contributed by atoms with Crippen LogP contribution in [0.5, 0.6) is 5.75 Å². The van der Waals surface area contributed by atoms with E-state index in [1.165, 1.54) is 41.5 Å². The summed E-state index contributed by atoms with van der Waals surface area (Å²) in [6.45, 7) is -0.559. The van der Waals surface area contributed by atoms with Crippen LogP contribution in [0.25, 0.3) is 11.1 Å². The van der Waals surface area contributed by atoms with Crippen molar-refractivity contribution >= 4 is 27.3 Å². The van der Waals surface area contributed by atoms with E-state index >= 15 is 0 Å². The number of sulfonamides is 1. The number of hydrogen-bond acceptors (Lipinski definition) is 8. The number of nitrogens with one attached hydrogen (secondary N) is 1. The molecule has 1 heterocycles. The van der Waals surface area contributed by atoms with E-state index in [9.17, 15) is 18.3 Å². The second-order valence-corrected chi connectivity index (χ2v) is 13.3. The minimum atomic E-state index is -3.93. The number of ether oxygens (including phenoxy) is 3. The van der Waals surface area contributed by atoms with Crippen molar-refractivity contribution in [2.24, 2.45) is 0 Å². The summed E-state index contributed by atoms with van der Waals surface area (Å²) < 4.78 is 45.3. The van der Waals surface area contributed by atoms with Gasteiger partial charge in [-0.15, -0.1) is 0 Å². The Hall–Kier alpha value is -4.68. The predicted molar refractivity (Wildman–Crippen MR) is 179 cm³/mol. The molecule has 10 nitrogen and oxygen atoms in total. The fourth-order valence-electron chi connectivity index (χ4n) is 6.11. The Morgan fingerprint density at radius 3 is 2.49 bits per heavy atom. The van der Waals surface area contributed by atoms with Gasteiger partial charge in [0.2, 0.25) is 16.3 Å². The molecular formula is C36H37N3O7S. The third-order valence-electron chi connectivity index (χ3n) is 8.47. The van der Waals surface area contributed by atoms with Crippen molar-refractivity contribution in [3.8, 4) is 16.9 Å². The Kier molecular flexibility index (Phi) is 9.60. The van der Waals surface area contributed by atoms with Gasteiger partial charge in [-0.05, 0) is 76.7 Å². The van der Waals surface area contributed by atoms with Gasteiger partial charge >= 0.3 is 0 Å². The highest BCUT2D eigenvalue weighted by Gasteiger charge is 2.33. The van der Waals surface area contributed by atoms with E-state index in [1.54, 1.807) is 36.4 Å². The van der Waals surface area contributed by atoms with Crippen molar-refractivity contribution in [1.82, 2.24) is 4.31 Å². The average molecular weight is 656 g/mol. The average Bonchev–Trinajstić information content (AvgIpc) is 3.48. The molecular weight excluding hydrogens is 618 g/mol. The lowest BCUT2D eigenvalue weighted by atomic mass is 9.87. The van der Waals surface area contributed by atoms with Crippen LogP contribution in [0.15, 0.2) is 108 Å². The van der Waals surface area contributed by atoms with Crippen LogP contribution in [-0.4, -0.2) is 63.4 Å². The van der Waals surface area contributed by atoms with E-state index in [4.69, 9.17) is 19.9 Å². The SMILES string of the molecule is COc1ccc(S(=O)(=O)N(CCO)CCO[C@@H]2C[C@H](c3cccc4c3Cc3ccccc3-4)C=C(C(=O)Nc3ccccc3N)O2)cc1. The molecule has 0 fully saturated rings. The van der Waals surface area contributed by atoms with Crippen LogP contribution in [0, 0.1) is 0 Å². The number of nitrogen functional groups attached to an aromatic ring is 1. The first-order valence-corrected chi connectivity index (χ1v) is 16.8. The Morgan fingerprint density at radius 2 is 1.72 bits per heavy atom. The highest BCUT2D eigenvalue weighted by Crippen LogP contribution is 2.43. The maximum Gasteiger partial charge on any atom is 0.290 e. The number of methoxy groups -OCH3 is 1. The minimum Gasteiger partial charge on any atom is -0.497 e. The molecule has 0 radical (unpaired) electrons. The Bertz CT molecular complexity index is 1890. The van der Waals surface area contributed by atoms with Gasteiger partial charge in [0.1, 0.15) is 5.75 Å². The molecule has 0 saturated carbocycles. The second kappa shape index (κ2) is 14.0. The molecule has 0 saturated heterocycles. The van der Waals surface area contributed by atoms with E-state index in [0.29, 0.717) is 23.5 Å². The maximum absolute atomic E-state index is 13.5. The number of anilines is 2. The zero-order chi connectivity index (χ0) is 33.0. The number of benzene rings is 4. The van der Waals surface area contributed by atoms with Gasteiger partial charge < -0.3 is 30.4 Å². The van der Waals surface area contributed by atoms with Crippen molar-refractivity contribution < 1.29 is 32.5 Å². The second-order valence-electron chi connectivity index (χ2n) is 11.3. The van der Waals surface area contributed by atoms with E-state index in [-0.39, 0.29) is 42.9 Å². The highest BCUT2D eigenvalue weighted by molar-refractivity contribution is 7.89. The summed E-state index contributed by atoms with van der Waals surface area (Å²) in [5.41, 5.74) is 12.8. The fraction of sp³-hybridized carbons (Fsp3) is 0.250. The van der Waals surface area contributed by atoms with Gasteiger partial charge in [0.05, 0.1) is 36.6 Å². The van der Waals surface area contributed by atoms with E-state index < -0.39 is 22.2 Å². The quantitative estimate of drug-likeness (QED) is 0.161. The Morgan fingerprint density at radius 1 is 0.979 bits per heavy atom. The molecule has 6 rings (SSSR count). The predicted octanol–water partition coefficient (Wildman–Crippen LogP) is 4.90. The summed E-state index contributed by atoms with van der Waals surface area (Å²) in [6.07, 6.45) is 2.15. The summed E-state index contributed by atoms with van der Waals surface area (Å²) in [5.74, 6) is -0.0778. The number of fused-ring (bicyclic) bond motifs is 3. The lowest BCUT2D eigenvalue weighted by Gasteiger charge is -2.31. The molecule has 4 N–H and O–H groups in total. The Balaban J connectivity index is 1.23. The number of nitrogens with zero attached hydrogens (tertiary/aromatic N) is 1. The van der Waals surface area contributed by atoms with Crippen molar-refractivity contribution in [3.63, 3.8) is 0 Å². The number of carbonyl (C=O) groups excluding carboxylic acids is 1. The smallest absolute Gasteiger partial charge is 0.290 e. The standard InChI is InChI=1S/C36H37N3O7S/c1-44-26-13-15-27(16-14-26)47(42,43)39(17-19-40)18-20-45-35-23-25(22-34(46-35)36(41)38-33-12-5-4-11-32(33)37)29-9-6-10-30-28-8-3-2-7-24(28)21-31(29)30/h2-16,22,25,35,40H,17-21,23,37H2,1H3,(H,38,41)/t25-,35+/m1/s1. The molecule has 1 amide bonds. The number of hydrogen-bond donors (Lipinski definition) is 3. The zero-order valence-corrected chi connectivity index (χ0v) is 26.8. The van der Waals surface area contributed by atoms with Crippen molar-refractivity contribution in [1.29, 1.82) is 0 Å². The number of aliphatic hydroxyl groups is 1. The number of nitrogens with two attached hydrogens (primary N) is 1. The first-order chi connectivity index (χ1) is 22.8. The van der Waals surface area contributed by atoms with Crippen LogP contribution in [0.2, 0.25) is 0 Å². The zero-order valence-electron chi connectivity index (χ0n) is 26.0. The lowest BCUT2D eigenvalue weighted by Crippen LogP contribution is -2.38. The summed E-state index contributed by atoms with van der Waals surface area (Å²) in [4.78, 5) is 13.6. The fourth-order valence-corrected chi connectivity index (χ4v) is 7.52. The van der Waals surface area contributed by atoms with Crippen molar-refractivity contribution in [3.05, 3.63) is 120 Å². The molecule has 1 aliphatic heterocycles.